The molecule has 108 valence electrons. The molecular weight excluding hydrogens is 268 g/mol. The van der Waals surface area contributed by atoms with Gasteiger partial charge in [-0.2, -0.15) is 0 Å². The minimum absolute atomic E-state index is 0.0718. The molecule has 21 heavy (non-hydrogen) atoms. The molecule has 0 heterocycles. The average molecular weight is 284 g/mol. The topological polar surface area (TPSA) is 78.4 Å². The number of carbonyl (C=O) groups excluding carboxylic acids is 2. The van der Waals surface area contributed by atoms with Crippen LogP contribution in [0.25, 0.3) is 0 Å². The summed E-state index contributed by atoms with van der Waals surface area (Å²) in [4.78, 5) is 23.0. The molecule has 2 aromatic carbocycles. The standard InChI is InChI=1S/C16H16N2O3/c19-15(18-21)10-12-6-8-14(9-7-12)16(20)17-11-13-4-2-1-3-5-13/h1-9,21H,10-11H2,(H,17,20)(H,18,19). The van der Waals surface area contributed by atoms with E-state index in [-0.39, 0.29) is 12.3 Å². The summed E-state index contributed by atoms with van der Waals surface area (Å²) in [5.41, 5.74) is 3.85. The normalized spacial score (nSPS) is 9.95. The van der Waals surface area contributed by atoms with Crippen molar-refractivity contribution >= 4 is 11.8 Å². The van der Waals surface area contributed by atoms with E-state index in [2.05, 4.69) is 5.32 Å². The van der Waals surface area contributed by atoms with Crippen LogP contribution in [-0.4, -0.2) is 17.0 Å². The van der Waals surface area contributed by atoms with E-state index in [0.29, 0.717) is 12.1 Å². The molecule has 0 unspecified atom stereocenters. The van der Waals surface area contributed by atoms with Crippen LogP contribution in [0.3, 0.4) is 0 Å². The SMILES string of the molecule is O=C(Cc1ccc(C(=O)NCc2ccccc2)cc1)NO. The lowest BCUT2D eigenvalue weighted by atomic mass is 10.1. The summed E-state index contributed by atoms with van der Waals surface area (Å²) in [5, 5.41) is 11.3. The first-order valence-electron chi connectivity index (χ1n) is 6.53. The Bertz CT molecular complexity index is 609. The van der Waals surface area contributed by atoms with Gasteiger partial charge in [0.15, 0.2) is 0 Å². The largest absolute Gasteiger partial charge is 0.348 e. The van der Waals surface area contributed by atoms with Crippen LogP contribution in [0.2, 0.25) is 0 Å². The monoisotopic (exact) mass is 284 g/mol. The number of hydroxylamine groups is 1. The number of carbonyl (C=O) groups is 2. The molecule has 3 N–H and O–H groups in total. The first kappa shape index (κ1) is 14.7. The van der Waals surface area contributed by atoms with Crippen LogP contribution in [-0.2, 0) is 17.8 Å². The van der Waals surface area contributed by atoms with Gasteiger partial charge in [-0.3, -0.25) is 14.8 Å². The smallest absolute Gasteiger partial charge is 0.251 e. The highest BCUT2D eigenvalue weighted by atomic mass is 16.5. The van der Waals surface area contributed by atoms with Crippen LogP contribution in [0.15, 0.2) is 54.6 Å². The molecule has 0 spiro atoms. The highest BCUT2D eigenvalue weighted by Crippen LogP contribution is 2.06. The first-order chi connectivity index (χ1) is 10.2. The Morgan fingerprint density at radius 1 is 0.905 bits per heavy atom. The average Bonchev–Trinajstić information content (AvgIpc) is 2.54. The van der Waals surface area contributed by atoms with Gasteiger partial charge in [-0.1, -0.05) is 42.5 Å². The van der Waals surface area contributed by atoms with Crippen LogP contribution in [0, 0.1) is 0 Å². The molecule has 0 aromatic heterocycles. The van der Waals surface area contributed by atoms with Crippen molar-refractivity contribution in [1.82, 2.24) is 10.8 Å². The summed E-state index contributed by atoms with van der Waals surface area (Å²) in [6.07, 6.45) is 0.0718. The van der Waals surface area contributed by atoms with Crippen molar-refractivity contribution in [3.63, 3.8) is 0 Å². The van der Waals surface area contributed by atoms with Gasteiger partial charge in [0.2, 0.25) is 5.91 Å². The van der Waals surface area contributed by atoms with Gasteiger partial charge >= 0.3 is 0 Å². The minimum Gasteiger partial charge on any atom is -0.348 e. The molecule has 0 aliphatic carbocycles. The Kier molecular flexibility index (Phi) is 5.06. The van der Waals surface area contributed by atoms with Crippen LogP contribution in [0.4, 0.5) is 0 Å². The van der Waals surface area contributed by atoms with E-state index < -0.39 is 5.91 Å². The molecule has 2 rings (SSSR count). The maximum absolute atomic E-state index is 12.0. The van der Waals surface area contributed by atoms with Crippen molar-refractivity contribution in [3.05, 3.63) is 71.3 Å². The van der Waals surface area contributed by atoms with E-state index in [4.69, 9.17) is 5.21 Å². The van der Waals surface area contributed by atoms with Crippen molar-refractivity contribution in [3.8, 4) is 0 Å². The fourth-order valence-corrected chi connectivity index (χ4v) is 1.88. The number of hydrogen-bond acceptors (Lipinski definition) is 3. The van der Waals surface area contributed by atoms with Gasteiger partial charge in [0.25, 0.3) is 5.91 Å². The zero-order chi connectivity index (χ0) is 15.1. The van der Waals surface area contributed by atoms with E-state index in [9.17, 15) is 9.59 Å². The van der Waals surface area contributed by atoms with Crippen LogP contribution in [0.1, 0.15) is 21.5 Å². The summed E-state index contributed by atoms with van der Waals surface area (Å²) in [7, 11) is 0. The quantitative estimate of drug-likeness (QED) is 0.577. The Hall–Kier alpha value is -2.66. The highest BCUT2D eigenvalue weighted by Gasteiger charge is 2.06. The van der Waals surface area contributed by atoms with Crippen molar-refractivity contribution in [2.75, 3.05) is 0 Å². The molecule has 0 saturated carbocycles. The molecule has 0 bridgehead atoms. The Morgan fingerprint density at radius 2 is 1.57 bits per heavy atom. The van der Waals surface area contributed by atoms with Gasteiger partial charge < -0.3 is 5.32 Å². The highest BCUT2D eigenvalue weighted by molar-refractivity contribution is 5.94. The van der Waals surface area contributed by atoms with Crippen LogP contribution >= 0.6 is 0 Å². The third kappa shape index (κ3) is 4.43. The van der Waals surface area contributed by atoms with E-state index in [1.54, 1.807) is 29.7 Å². The number of benzene rings is 2. The lowest BCUT2D eigenvalue weighted by Crippen LogP contribution is -2.23. The van der Waals surface area contributed by atoms with E-state index >= 15 is 0 Å². The van der Waals surface area contributed by atoms with Gasteiger partial charge in [-0.05, 0) is 23.3 Å². The molecule has 0 atom stereocenters. The first-order valence-corrected chi connectivity index (χ1v) is 6.53. The molecular formula is C16H16N2O3. The maximum atomic E-state index is 12.0. The van der Waals surface area contributed by atoms with Crippen LogP contribution < -0.4 is 10.8 Å². The molecule has 2 aromatic rings. The van der Waals surface area contributed by atoms with Crippen molar-refractivity contribution in [2.45, 2.75) is 13.0 Å². The molecule has 0 saturated heterocycles. The van der Waals surface area contributed by atoms with Gasteiger partial charge in [-0.15, -0.1) is 0 Å². The Balaban J connectivity index is 1.92. The molecule has 0 aliphatic rings. The third-order valence-corrected chi connectivity index (χ3v) is 3.00. The second kappa shape index (κ2) is 7.21. The lowest BCUT2D eigenvalue weighted by molar-refractivity contribution is -0.128. The fourth-order valence-electron chi connectivity index (χ4n) is 1.88. The van der Waals surface area contributed by atoms with Gasteiger partial charge in [0.1, 0.15) is 0 Å². The predicted molar refractivity (Wildman–Crippen MR) is 77.7 cm³/mol. The van der Waals surface area contributed by atoms with E-state index in [1.165, 1.54) is 0 Å². The van der Waals surface area contributed by atoms with Gasteiger partial charge in [-0.25, -0.2) is 5.48 Å². The van der Waals surface area contributed by atoms with Crippen LogP contribution in [0.5, 0.6) is 0 Å². The number of hydrogen-bond donors (Lipinski definition) is 3. The second-order valence-electron chi connectivity index (χ2n) is 4.58. The van der Waals surface area contributed by atoms with Crippen molar-refractivity contribution in [2.24, 2.45) is 0 Å². The number of amides is 2. The predicted octanol–water partition coefficient (Wildman–Crippen LogP) is 1.66. The van der Waals surface area contributed by atoms with E-state index in [0.717, 1.165) is 11.1 Å². The third-order valence-electron chi connectivity index (χ3n) is 3.00. The van der Waals surface area contributed by atoms with Gasteiger partial charge in [0, 0.05) is 12.1 Å². The van der Waals surface area contributed by atoms with Crippen molar-refractivity contribution in [1.29, 1.82) is 0 Å². The summed E-state index contributed by atoms with van der Waals surface area (Å²) in [6.45, 7) is 0.467. The Morgan fingerprint density at radius 3 is 2.19 bits per heavy atom. The Labute approximate surface area is 122 Å². The number of nitrogens with one attached hydrogen (secondary N) is 2. The summed E-state index contributed by atoms with van der Waals surface area (Å²) in [6, 6.07) is 16.3. The van der Waals surface area contributed by atoms with Gasteiger partial charge in [0.05, 0.1) is 6.42 Å². The minimum atomic E-state index is -0.490. The summed E-state index contributed by atoms with van der Waals surface area (Å²) < 4.78 is 0. The summed E-state index contributed by atoms with van der Waals surface area (Å²) in [5.74, 6) is -0.659. The maximum Gasteiger partial charge on any atom is 0.251 e. The molecule has 5 nitrogen and oxygen atoms in total. The molecule has 0 aliphatic heterocycles. The van der Waals surface area contributed by atoms with E-state index in [1.807, 2.05) is 30.3 Å². The fraction of sp³-hybridized carbons (Fsp3) is 0.125. The van der Waals surface area contributed by atoms with Crippen molar-refractivity contribution < 1.29 is 14.8 Å². The zero-order valence-corrected chi connectivity index (χ0v) is 11.4. The second-order valence-corrected chi connectivity index (χ2v) is 4.58. The summed E-state index contributed by atoms with van der Waals surface area (Å²) >= 11 is 0. The molecule has 2 amide bonds. The molecule has 5 heteroatoms. The lowest BCUT2D eigenvalue weighted by Gasteiger charge is -2.06. The molecule has 0 fully saturated rings. The molecule has 0 radical (unpaired) electrons. The number of rotatable bonds is 5. The zero-order valence-electron chi connectivity index (χ0n) is 11.4.